The monoisotopic (exact) mass is 279 g/mol. The van der Waals surface area contributed by atoms with Crippen molar-refractivity contribution in [1.82, 2.24) is 15.2 Å². The van der Waals surface area contributed by atoms with Gasteiger partial charge in [0.25, 0.3) is 0 Å². The molecule has 0 amide bonds. The summed E-state index contributed by atoms with van der Waals surface area (Å²) in [5.74, 6) is 1.45. The molecule has 0 aromatic carbocycles. The van der Waals surface area contributed by atoms with Gasteiger partial charge in [0, 0.05) is 44.5 Å². The molecule has 6 heteroatoms. The van der Waals surface area contributed by atoms with Crippen LogP contribution in [0.15, 0.2) is 12.3 Å². The van der Waals surface area contributed by atoms with Crippen molar-refractivity contribution in [3.63, 3.8) is 0 Å². The van der Waals surface area contributed by atoms with Crippen LogP contribution in [0.25, 0.3) is 0 Å². The number of fused-ring (bicyclic) bond motifs is 1. The number of rotatable bonds is 4. The van der Waals surface area contributed by atoms with E-state index in [1.165, 1.54) is 0 Å². The molecule has 1 aromatic rings. The molecule has 1 N–H and O–H groups in total. The van der Waals surface area contributed by atoms with Crippen molar-refractivity contribution in [1.29, 1.82) is 0 Å². The molecule has 0 unspecified atom stereocenters. The van der Waals surface area contributed by atoms with Crippen LogP contribution in [0, 0.1) is 0 Å². The standard InChI is InChI=1S/C14H21N3O3/c1-18-12-3-4-15-11(14(12)19-2)8-17-7-10-13(9-17)20-6-5-16-10/h3-4,10,13,16H,5-9H2,1-2H3/t10-,13-/m0/s1. The Morgan fingerprint density at radius 2 is 2.30 bits per heavy atom. The van der Waals surface area contributed by atoms with E-state index in [0.29, 0.717) is 12.1 Å². The highest BCUT2D eigenvalue weighted by atomic mass is 16.5. The van der Waals surface area contributed by atoms with E-state index >= 15 is 0 Å². The van der Waals surface area contributed by atoms with Crippen LogP contribution in [0.1, 0.15) is 5.69 Å². The SMILES string of the molecule is COc1ccnc(CN2C[C@@H]3NCCO[C@H]3C2)c1OC. The maximum atomic E-state index is 5.79. The number of morpholine rings is 1. The fourth-order valence-corrected chi connectivity index (χ4v) is 2.98. The van der Waals surface area contributed by atoms with E-state index in [4.69, 9.17) is 14.2 Å². The van der Waals surface area contributed by atoms with Gasteiger partial charge in [-0.1, -0.05) is 0 Å². The lowest BCUT2D eigenvalue weighted by Gasteiger charge is -2.25. The number of hydrogen-bond donors (Lipinski definition) is 1. The van der Waals surface area contributed by atoms with Crippen LogP contribution < -0.4 is 14.8 Å². The third kappa shape index (κ3) is 2.59. The smallest absolute Gasteiger partial charge is 0.183 e. The molecule has 3 heterocycles. The van der Waals surface area contributed by atoms with Crippen molar-refractivity contribution in [2.75, 3.05) is 40.5 Å². The zero-order chi connectivity index (χ0) is 13.9. The van der Waals surface area contributed by atoms with E-state index in [1.807, 2.05) is 6.07 Å². The van der Waals surface area contributed by atoms with Crippen LogP contribution in [0.2, 0.25) is 0 Å². The van der Waals surface area contributed by atoms with Gasteiger partial charge in [-0.3, -0.25) is 9.88 Å². The molecule has 2 aliphatic rings. The number of hydrogen-bond acceptors (Lipinski definition) is 6. The lowest BCUT2D eigenvalue weighted by atomic mass is 10.2. The topological polar surface area (TPSA) is 55.9 Å². The Hall–Kier alpha value is -1.37. The normalized spacial score (nSPS) is 26.3. The summed E-state index contributed by atoms with van der Waals surface area (Å²) < 4.78 is 16.5. The maximum absolute atomic E-state index is 5.79. The predicted octanol–water partition coefficient (Wildman–Crippen LogP) is 0.271. The fourth-order valence-electron chi connectivity index (χ4n) is 2.98. The number of aromatic nitrogens is 1. The van der Waals surface area contributed by atoms with Gasteiger partial charge in [0.05, 0.1) is 26.9 Å². The zero-order valence-corrected chi connectivity index (χ0v) is 12.0. The fraction of sp³-hybridized carbons (Fsp3) is 0.643. The molecule has 2 saturated heterocycles. The van der Waals surface area contributed by atoms with Crippen LogP contribution >= 0.6 is 0 Å². The maximum Gasteiger partial charge on any atom is 0.183 e. The van der Waals surface area contributed by atoms with Crippen molar-refractivity contribution in [3.05, 3.63) is 18.0 Å². The largest absolute Gasteiger partial charge is 0.493 e. The Bertz CT molecular complexity index is 455. The number of ether oxygens (including phenoxy) is 3. The third-order valence-corrected chi connectivity index (χ3v) is 3.92. The van der Waals surface area contributed by atoms with Gasteiger partial charge in [-0.25, -0.2) is 0 Å². The summed E-state index contributed by atoms with van der Waals surface area (Å²) >= 11 is 0. The van der Waals surface area contributed by atoms with Crippen LogP contribution in [-0.4, -0.2) is 62.5 Å². The second-order valence-corrected chi connectivity index (χ2v) is 5.16. The summed E-state index contributed by atoms with van der Waals surface area (Å²) in [5, 5.41) is 3.50. The summed E-state index contributed by atoms with van der Waals surface area (Å²) in [6, 6.07) is 2.25. The van der Waals surface area contributed by atoms with Gasteiger partial charge in [0.15, 0.2) is 11.5 Å². The summed E-state index contributed by atoms with van der Waals surface area (Å²) in [7, 11) is 3.29. The summed E-state index contributed by atoms with van der Waals surface area (Å²) in [4.78, 5) is 6.78. The summed E-state index contributed by atoms with van der Waals surface area (Å²) in [5.41, 5.74) is 0.908. The molecule has 110 valence electrons. The third-order valence-electron chi connectivity index (χ3n) is 3.92. The van der Waals surface area contributed by atoms with E-state index in [9.17, 15) is 0 Å². The molecule has 1 aromatic heterocycles. The molecule has 3 rings (SSSR count). The lowest BCUT2D eigenvalue weighted by molar-refractivity contribution is 0.0175. The number of nitrogens with zero attached hydrogens (tertiary/aromatic N) is 2. The van der Waals surface area contributed by atoms with Gasteiger partial charge in [-0.15, -0.1) is 0 Å². The van der Waals surface area contributed by atoms with Gasteiger partial charge in [-0.05, 0) is 0 Å². The van der Waals surface area contributed by atoms with E-state index in [0.717, 1.165) is 50.0 Å². The average molecular weight is 279 g/mol. The molecule has 6 nitrogen and oxygen atoms in total. The molecule has 0 radical (unpaired) electrons. The summed E-state index contributed by atoms with van der Waals surface area (Å²) in [6.07, 6.45) is 2.05. The molecular weight excluding hydrogens is 258 g/mol. The molecule has 2 aliphatic heterocycles. The van der Waals surface area contributed by atoms with E-state index in [1.54, 1.807) is 20.4 Å². The van der Waals surface area contributed by atoms with Crippen LogP contribution in [0.3, 0.4) is 0 Å². The molecule has 20 heavy (non-hydrogen) atoms. The molecule has 2 fully saturated rings. The second-order valence-electron chi connectivity index (χ2n) is 5.16. The number of nitrogens with one attached hydrogen (secondary N) is 1. The first-order valence-electron chi connectivity index (χ1n) is 6.95. The Balaban J connectivity index is 1.72. The molecular formula is C14H21N3O3. The van der Waals surface area contributed by atoms with Crippen LogP contribution in [0.4, 0.5) is 0 Å². The van der Waals surface area contributed by atoms with E-state index in [2.05, 4.69) is 15.2 Å². The van der Waals surface area contributed by atoms with Crippen molar-refractivity contribution in [2.24, 2.45) is 0 Å². The quantitative estimate of drug-likeness (QED) is 0.854. The van der Waals surface area contributed by atoms with Crippen molar-refractivity contribution >= 4 is 0 Å². The van der Waals surface area contributed by atoms with E-state index in [-0.39, 0.29) is 0 Å². The minimum absolute atomic E-state index is 0.292. The highest BCUT2D eigenvalue weighted by molar-refractivity contribution is 5.42. The minimum Gasteiger partial charge on any atom is -0.493 e. The first kappa shape index (κ1) is 13.6. The van der Waals surface area contributed by atoms with Crippen LogP contribution in [-0.2, 0) is 11.3 Å². The molecule has 0 aliphatic carbocycles. The van der Waals surface area contributed by atoms with Gasteiger partial charge in [0.1, 0.15) is 5.69 Å². The zero-order valence-electron chi connectivity index (χ0n) is 12.0. The Labute approximate surface area is 119 Å². The Morgan fingerprint density at radius 1 is 1.40 bits per heavy atom. The highest BCUT2D eigenvalue weighted by Crippen LogP contribution is 2.30. The second kappa shape index (κ2) is 5.95. The molecule has 0 spiro atoms. The summed E-state index contributed by atoms with van der Waals surface area (Å²) in [6.45, 7) is 4.40. The van der Waals surface area contributed by atoms with E-state index < -0.39 is 0 Å². The van der Waals surface area contributed by atoms with Gasteiger partial charge in [-0.2, -0.15) is 0 Å². The average Bonchev–Trinajstić information content (AvgIpc) is 2.89. The predicted molar refractivity (Wildman–Crippen MR) is 74.1 cm³/mol. The Morgan fingerprint density at radius 3 is 3.05 bits per heavy atom. The molecule has 2 atom stereocenters. The van der Waals surface area contributed by atoms with Gasteiger partial charge in [0.2, 0.25) is 0 Å². The van der Waals surface area contributed by atoms with Gasteiger partial charge >= 0.3 is 0 Å². The first-order chi connectivity index (χ1) is 9.81. The number of likely N-dealkylation sites (tertiary alicyclic amines) is 1. The first-order valence-corrected chi connectivity index (χ1v) is 6.95. The molecule has 0 saturated carbocycles. The van der Waals surface area contributed by atoms with Crippen molar-refractivity contribution in [2.45, 2.75) is 18.7 Å². The minimum atomic E-state index is 0.292. The van der Waals surface area contributed by atoms with Crippen molar-refractivity contribution in [3.8, 4) is 11.5 Å². The number of pyridine rings is 1. The van der Waals surface area contributed by atoms with Gasteiger partial charge < -0.3 is 19.5 Å². The number of methoxy groups -OCH3 is 2. The Kier molecular flexibility index (Phi) is 4.05. The highest BCUT2D eigenvalue weighted by Gasteiger charge is 2.35. The lowest BCUT2D eigenvalue weighted by Crippen LogP contribution is -2.47. The van der Waals surface area contributed by atoms with Crippen LogP contribution in [0.5, 0.6) is 11.5 Å². The molecule has 0 bridgehead atoms. The van der Waals surface area contributed by atoms with Crippen molar-refractivity contribution < 1.29 is 14.2 Å².